The van der Waals surface area contributed by atoms with Crippen LogP contribution in [0.2, 0.25) is 5.02 Å². The molecule has 0 aliphatic heterocycles. The second-order valence-corrected chi connectivity index (χ2v) is 4.20. The van der Waals surface area contributed by atoms with E-state index < -0.39 is 0 Å². The summed E-state index contributed by atoms with van der Waals surface area (Å²) in [7, 11) is 0. The van der Waals surface area contributed by atoms with Crippen LogP contribution in [0.25, 0.3) is 0 Å². The normalized spacial score (nSPS) is 10.3. The van der Waals surface area contributed by atoms with Crippen molar-refractivity contribution >= 4 is 28.7 Å². The number of para-hydroxylation sites is 1. The number of nitrogens with one attached hydrogen (secondary N) is 1. The second kappa shape index (κ2) is 4.63. The molecule has 0 spiro atoms. The Hall–Kier alpha value is -1.74. The first-order valence-corrected chi connectivity index (χ1v) is 5.53. The molecule has 2 aromatic rings. The summed E-state index contributed by atoms with van der Waals surface area (Å²) in [6.45, 7) is 1.88. The van der Waals surface area contributed by atoms with E-state index in [4.69, 9.17) is 17.3 Å². The maximum atomic E-state index is 13.1. The molecule has 3 N–H and O–H groups in total. The Morgan fingerprint density at radius 2 is 2.00 bits per heavy atom. The Kier molecular flexibility index (Phi) is 3.20. The monoisotopic (exact) mass is 250 g/mol. The van der Waals surface area contributed by atoms with E-state index in [0.717, 1.165) is 5.56 Å². The smallest absolute Gasteiger partial charge is 0.125 e. The average molecular weight is 251 g/mol. The van der Waals surface area contributed by atoms with Crippen LogP contribution in [-0.2, 0) is 0 Å². The summed E-state index contributed by atoms with van der Waals surface area (Å²) < 4.78 is 13.1. The number of nitrogens with two attached hydrogens (primary N) is 1. The van der Waals surface area contributed by atoms with E-state index >= 15 is 0 Å². The maximum absolute atomic E-state index is 13.1. The maximum Gasteiger partial charge on any atom is 0.125 e. The lowest BCUT2D eigenvalue weighted by molar-refractivity contribution is 0.628. The molecule has 2 aromatic carbocycles. The third kappa shape index (κ3) is 2.50. The van der Waals surface area contributed by atoms with Crippen LogP contribution in [0.5, 0.6) is 0 Å². The van der Waals surface area contributed by atoms with E-state index in [1.807, 2.05) is 6.92 Å². The molecule has 17 heavy (non-hydrogen) atoms. The standard InChI is InChI=1S/C13H12ClFN2/c1-8-5-6-9(15)7-12(8)17-13-10(14)3-2-4-11(13)16/h2-7,17H,16H2,1H3. The molecule has 0 fully saturated rings. The van der Waals surface area contributed by atoms with Crippen LogP contribution < -0.4 is 11.1 Å². The van der Waals surface area contributed by atoms with Gasteiger partial charge < -0.3 is 11.1 Å². The minimum Gasteiger partial charge on any atom is -0.397 e. The average Bonchev–Trinajstić information content (AvgIpc) is 2.28. The Labute approximate surface area is 104 Å². The molecule has 0 radical (unpaired) electrons. The molecule has 0 saturated heterocycles. The number of aryl methyl sites for hydroxylation is 1. The number of hydrogen-bond acceptors (Lipinski definition) is 2. The van der Waals surface area contributed by atoms with Gasteiger partial charge in [-0.3, -0.25) is 0 Å². The molecule has 0 heterocycles. The van der Waals surface area contributed by atoms with Gasteiger partial charge >= 0.3 is 0 Å². The Bertz CT molecular complexity index is 535. The SMILES string of the molecule is Cc1ccc(F)cc1Nc1c(N)cccc1Cl. The van der Waals surface area contributed by atoms with Crippen LogP contribution >= 0.6 is 11.6 Å². The quantitative estimate of drug-likeness (QED) is 0.787. The van der Waals surface area contributed by atoms with Gasteiger partial charge in [0.25, 0.3) is 0 Å². The van der Waals surface area contributed by atoms with Gasteiger partial charge in [-0.1, -0.05) is 23.7 Å². The zero-order chi connectivity index (χ0) is 12.4. The third-order valence-electron chi connectivity index (χ3n) is 2.51. The summed E-state index contributed by atoms with van der Waals surface area (Å²) in [5.74, 6) is -0.302. The lowest BCUT2D eigenvalue weighted by Gasteiger charge is -2.13. The number of benzene rings is 2. The molecular formula is C13H12ClFN2. The van der Waals surface area contributed by atoms with Crippen molar-refractivity contribution in [2.75, 3.05) is 11.1 Å². The van der Waals surface area contributed by atoms with Crippen LogP contribution in [0.15, 0.2) is 36.4 Å². The largest absolute Gasteiger partial charge is 0.397 e. The van der Waals surface area contributed by atoms with E-state index in [9.17, 15) is 4.39 Å². The summed E-state index contributed by atoms with van der Waals surface area (Å²) in [5, 5.41) is 3.56. The highest BCUT2D eigenvalue weighted by atomic mass is 35.5. The van der Waals surface area contributed by atoms with Gasteiger partial charge in [-0.05, 0) is 36.8 Å². The minimum atomic E-state index is -0.302. The van der Waals surface area contributed by atoms with Gasteiger partial charge in [0.05, 0.1) is 16.4 Å². The van der Waals surface area contributed by atoms with Crippen LogP contribution in [0.3, 0.4) is 0 Å². The number of nitrogen functional groups attached to an aromatic ring is 1. The molecule has 0 aliphatic carbocycles. The van der Waals surface area contributed by atoms with E-state index in [1.54, 1.807) is 24.3 Å². The highest BCUT2D eigenvalue weighted by Gasteiger charge is 2.07. The zero-order valence-electron chi connectivity index (χ0n) is 9.30. The first kappa shape index (κ1) is 11.7. The molecule has 4 heteroatoms. The summed E-state index contributed by atoms with van der Waals surface area (Å²) >= 11 is 6.04. The molecule has 0 bridgehead atoms. The molecule has 0 amide bonds. The molecular weight excluding hydrogens is 239 g/mol. The first-order chi connectivity index (χ1) is 8.08. The van der Waals surface area contributed by atoms with Gasteiger partial charge in [0.2, 0.25) is 0 Å². The van der Waals surface area contributed by atoms with Crippen molar-refractivity contribution in [3.05, 3.63) is 52.8 Å². The molecule has 0 aliphatic rings. The van der Waals surface area contributed by atoms with Crippen molar-refractivity contribution in [2.24, 2.45) is 0 Å². The molecule has 2 nitrogen and oxygen atoms in total. The van der Waals surface area contributed by atoms with Crippen LogP contribution in [-0.4, -0.2) is 0 Å². The van der Waals surface area contributed by atoms with Gasteiger partial charge in [0.15, 0.2) is 0 Å². The predicted octanol–water partition coefficient (Wildman–Crippen LogP) is 4.11. The molecule has 0 saturated carbocycles. The molecule has 0 unspecified atom stereocenters. The molecule has 88 valence electrons. The summed E-state index contributed by atoms with van der Waals surface area (Å²) in [6.07, 6.45) is 0. The Balaban J connectivity index is 2.41. The van der Waals surface area contributed by atoms with Gasteiger partial charge in [-0.25, -0.2) is 4.39 Å². The second-order valence-electron chi connectivity index (χ2n) is 3.79. The van der Waals surface area contributed by atoms with Gasteiger partial charge in [0.1, 0.15) is 5.82 Å². The van der Waals surface area contributed by atoms with Gasteiger partial charge in [-0.15, -0.1) is 0 Å². The van der Waals surface area contributed by atoms with E-state index in [1.165, 1.54) is 12.1 Å². The number of halogens is 2. The fourth-order valence-electron chi connectivity index (χ4n) is 1.54. The Morgan fingerprint density at radius 1 is 1.24 bits per heavy atom. The van der Waals surface area contributed by atoms with Gasteiger partial charge in [-0.2, -0.15) is 0 Å². The van der Waals surface area contributed by atoms with Crippen LogP contribution in [0, 0.1) is 12.7 Å². The molecule has 2 rings (SSSR count). The lowest BCUT2D eigenvalue weighted by atomic mass is 10.2. The third-order valence-corrected chi connectivity index (χ3v) is 2.82. The highest BCUT2D eigenvalue weighted by Crippen LogP contribution is 2.32. The molecule has 0 atom stereocenters. The van der Waals surface area contributed by atoms with Crippen molar-refractivity contribution in [3.63, 3.8) is 0 Å². The van der Waals surface area contributed by atoms with Crippen LogP contribution in [0.4, 0.5) is 21.5 Å². The zero-order valence-corrected chi connectivity index (χ0v) is 10.1. The van der Waals surface area contributed by atoms with E-state index in [0.29, 0.717) is 22.1 Å². The predicted molar refractivity (Wildman–Crippen MR) is 70.3 cm³/mol. The summed E-state index contributed by atoms with van der Waals surface area (Å²) in [4.78, 5) is 0. The lowest BCUT2D eigenvalue weighted by Crippen LogP contribution is -1.99. The van der Waals surface area contributed by atoms with Crippen molar-refractivity contribution in [2.45, 2.75) is 6.92 Å². The van der Waals surface area contributed by atoms with E-state index in [-0.39, 0.29) is 5.82 Å². The van der Waals surface area contributed by atoms with Crippen LogP contribution in [0.1, 0.15) is 5.56 Å². The van der Waals surface area contributed by atoms with Crippen molar-refractivity contribution in [1.82, 2.24) is 0 Å². The van der Waals surface area contributed by atoms with Crippen molar-refractivity contribution in [3.8, 4) is 0 Å². The van der Waals surface area contributed by atoms with Crippen molar-refractivity contribution < 1.29 is 4.39 Å². The molecule has 0 aromatic heterocycles. The number of anilines is 3. The van der Waals surface area contributed by atoms with Crippen molar-refractivity contribution in [1.29, 1.82) is 0 Å². The fraction of sp³-hybridized carbons (Fsp3) is 0.0769. The fourth-order valence-corrected chi connectivity index (χ4v) is 1.77. The topological polar surface area (TPSA) is 38.0 Å². The minimum absolute atomic E-state index is 0.302. The summed E-state index contributed by atoms with van der Waals surface area (Å²) in [6, 6.07) is 9.76. The first-order valence-electron chi connectivity index (χ1n) is 5.15. The highest BCUT2D eigenvalue weighted by molar-refractivity contribution is 6.34. The number of rotatable bonds is 2. The number of hydrogen-bond donors (Lipinski definition) is 2. The van der Waals surface area contributed by atoms with Gasteiger partial charge in [0, 0.05) is 5.69 Å². The Morgan fingerprint density at radius 3 is 2.71 bits per heavy atom. The van der Waals surface area contributed by atoms with E-state index in [2.05, 4.69) is 5.32 Å². The summed E-state index contributed by atoms with van der Waals surface area (Å²) in [5.41, 5.74) is 8.52.